The fraction of sp³-hybridized carbons (Fsp3) is 0.316. The maximum Gasteiger partial charge on any atom is 0.229 e. The molecule has 0 saturated heterocycles. The maximum atomic E-state index is 12.4. The standard InChI is InChI=1S/C19H23NO4/c1-4-23-15-10-11-18(24-5-2)16(13-15)20-19(21)12-14-8-6-7-9-17(14)22-3/h6-11,13H,4-5,12H2,1-3H3,(H,20,21). The van der Waals surface area contributed by atoms with Crippen LogP contribution in [0.4, 0.5) is 5.69 Å². The third-order valence-corrected chi connectivity index (χ3v) is 3.38. The van der Waals surface area contributed by atoms with Crippen molar-refractivity contribution in [1.82, 2.24) is 0 Å². The van der Waals surface area contributed by atoms with Crippen LogP contribution in [-0.2, 0) is 11.2 Å². The molecule has 2 rings (SSSR count). The molecule has 128 valence electrons. The van der Waals surface area contributed by atoms with Crippen LogP contribution in [0, 0.1) is 0 Å². The number of carbonyl (C=O) groups is 1. The molecule has 0 fully saturated rings. The molecule has 0 aliphatic carbocycles. The smallest absolute Gasteiger partial charge is 0.229 e. The minimum atomic E-state index is -0.144. The summed E-state index contributed by atoms with van der Waals surface area (Å²) in [6.07, 6.45) is 0.217. The Bertz CT molecular complexity index is 685. The van der Waals surface area contributed by atoms with Crippen molar-refractivity contribution in [3.63, 3.8) is 0 Å². The van der Waals surface area contributed by atoms with E-state index in [0.29, 0.717) is 36.1 Å². The molecule has 0 atom stereocenters. The lowest BCUT2D eigenvalue weighted by atomic mass is 10.1. The Hall–Kier alpha value is -2.69. The predicted octanol–water partition coefficient (Wildman–Crippen LogP) is 3.67. The molecule has 24 heavy (non-hydrogen) atoms. The van der Waals surface area contributed by atoms with Crippen LogP contribution in [0.1, 0.15) is 19.4 Å². The van der Waals surface area contributed by atoms with Crippen molar-refractivity contribution in [2.24, 2.45) is 0 Å². The van der Waals surface area contributed by atoms with Crippen LogP contribution in [0.3, 0.4) is 0 Å². The van der Waals surface area contributed by atoms with Crippen LogP contribution >= 0.6 is 0 Å². The summed E-state index contributed by atoms with van der Waals surface area (Å²) in [5.74, 6) is 1.86. The Morgan fingerprint density at radius 2 is 1.75 bits per heavy atom. The van der Waals surface area contributed by atoms with E-state index in [1.807, 2.05) is 44.2 Å². The minimum absolute atomic E-state index is 0.144. The average molecular weight is 329 g/mol. The molecule has 2 aromatic rings. The Balaban J connectivity index is 2.16. The third-order valence-electron chi connectivity index (χ3n) is 3.38. The number of rotatable bonds is 8. The molecule has 1 N–H and O–H groups in total. The molecule has 0 aromatic heterocycles. The first-order valence-corrected chi connectivity index (χ1v) is 7.99. The van der Waals surface area contributed by atoms with E-state index in [-0.39, 0.29) is 12.3 Å². The molecule has 0 aliphatic heterocycles. The number of carbonyl (C=O) groups excluding carboxylic acids is 1. The lowest BCUT2D eigenvalue weighted by molar-refractivity contribution is -0.115. The second-order valence-electron chi connectivity index (χ2n) is 5.06. The van der Waals surface area contributed by atoms with E-state index in [2.05, 4.69) is 5.32 Å². The number of ether oxygens (including phenoxy) is 3. The molecule has 0 bridgehead atoms. The summed E-state index contributed by atoms with van der Waals surface area (Å²) >= 11 is 0. The summed E-state index contributed by atoms with van der Waals surface area (Å²) in [5, 5.41) is 2.89. The molecule has 0 aliphatic rings. The first-order chi connectivity index (χ1) is 11.7. The monoisotopic (exact) mass is 329 g/mol. The number of hydrogen-bond acceptors (Lipinski definition) is 4. The highest BCUT2D eigenvalue weighted by Gasteiger charge is 2.12. The van der Waals surface area contributed by atoms with E-state index in [1.54, 1.807) is 19.2 Å². The van der Waals surface area contributed by atoms with Gasteiger partial charge in [-0.1, -0.05) is 18.2 Å². The first kappa shape index (κ1) is 17.7. The zero-order valence-electron chi connectivity index (χ0n) is 14.3. The highest BCUT2D eigenvalue weighted by molar-refractivity contribution is 5.94. The van der Waals surface area contributed by atoms with Gasteiger partial charge in [0.2, 0.25) is 5.91 Å². The molecule has 1 amide bonds. The van der Waals surface area contributed by atoms with Crippen molar-refractivity contribution in [3.05, 3.63) is 48.0 Å². The molecule has 0 unspecified atom stereocenters. The van der Waals surface area contributed by atoms with Crippen molar-refractivity contribution in [2.75, 3.05) is 25.6 Å². The average Bonchev–Trinajstić information content (AvgIpc) is 2.58. The molecule has 0 saturated carbocycles. The van der Waals surface area contributed by atoms with Gasteiger partial charge in [-0.3, -0.25) is 4.79 Å². The summed E-state index contributed by atoms with van der Waals surface area (Å²) in [5.41, 5.74) is 1.43. The van der Waals surface area contributed by atoms with Gasteiger partial charge in [-0.15, -0.1) is 0 Å². The molecule has 0 spiro atoms. The van der Waals surface area contributed by atoms with Gasteiger partial charge in [-0.25, -0.2) is 0 Å². The number of methoxy groups -OCH3 is 1. The fourth-order valence-corrected chi connectivity index (χ4v) is 2.36. The lowest BCUT2D eigenvalue weighted by Gasteiger charge is -2.14. The van der Waals surface area contributed by atoms with E-state index >= 15 is 0 Å². The Morgan fingerprint density at radius 1 is 1.00 bits per heavy atom. The van der Waals surface area contributed by atoms with Gasteiger partial charge >= 0.3 is 0 Å². The zero-order valence-corrected chi connectivity index (χ0v) is 14.3. The summed E-state index contributed by atoms with van der Waals surface area (Å²) in [6, 6.07) is 12.9. The van der Waals surface area contributed by atoms with E-state index in [9.17, 15) is 4.79 Å². The quantitative estimate of drug-likeness (QED) is 0.803. The summed E-state index contributed by atoms with van der Waals surface area (Å²) < 4.78 is 16.3. The van der Waals surface area contributed by atoms with Crippen LogP contribution in [0.15, 0.2) is 42.5 Å². The topological polar surface area (TPSA) is 56.8 Å². The third kappa shape index (κ3) is 4.65. The molecule has 0 heterocycles. The number of para-hydroxylation sites is 1. The Kier molecular flexibility index (Phi) is 6.49. The molecule has 2 aromatic carbocycles. The molecular formula is C19H23NO4. The minimum Gasteiger partial charge on any atom is -0.496 e. The highest BCUT2D eigenvalue weighted by atomic mass is 16.5. The normalized spacial score (nSPS) is 10.1. The summed E-state index contributed by atoms with van der Waals surface area (Å²) in [4.78, 5) is 12.4. The molecular weight excluding hydrogens is 306 g/mol. The van der Waals surface area contributed by atoms with Gasteiger partial charge in [0.25, 0.3) is 0 Å². The first-order valence-electron chi connectivity index (χ1n) is 7.99. The van der Waals surface area contributed by atoms with Gasteiger partial charge in [0, 0.05) is 11.6 Å². The van der Waals surface area contributed by atoms with Crippen molar-refractivity contribution in [2.45, 2.75) is 20.3 Å². The van der Waals surface area contributed by atoms with Crippen LogP contribution in [-0.4, -0.2) is 26.2 Å². The van der Waals surface area contributed by atoms with E-state index in [1.165, 1.54) is 0 Å². The Morgan fingerprint density at radius 3 is 2.46 bits per heavy atom. The summed E-state index contributed by atoms with van der Waals surface area (Å²) in [6.45, 7) is 4.89. The van der Waals surface area contributed by atoms with Gasteiger partial charge in [-0.2, -0.15) is 0 Å². The largest absolute Gasteiger partial charge is 0.496 e. The van der Waals surface area contributed by atoms with Gasteiger partial charge in [-0.05, 0) is 32.0 Å². The van der Waals surface area contributed by atoms with Crippen molar-refractivity contribution >= 4 is 11.6 Å². The lowest BCUT2D eigenvalue weighted by Crippen LogP contribution is -2.16. The summed E-state index contributed by atoms with van der Waals surface area (Å²) in [7, 11) is 1.59. The van der Waals surface area contributed by atoms with Crippen LogP contribution in [0.2, 0.25) is 0 Å². The van der Waals surface area contributed by atoms with Gasteiger partial charge in [0.1, 0.15) is 17.2 Å². The fourth-order valence-electron chi connectivity index (χ4n) is 2.36. The second kappa shape index (κ2) is 8.82. The highest BCUT2D eigenvalue weighted by Crippen LogP contribution is 2.30. The number of benzene rings is 2. The maximum absolute atomic E-state index is 12.4. The van der Waals surface area contributed by atoms with Crippen LogP contribution in [0.25, 0.3) is 0 Å². The van der Waals surface area contributed by atoms with E-state index < -0.39 is 0 Å². The zero-order chi connectivity index (χ0) is 17.4. The van der Waals surface area contributed by atoms with Crippen molar-refractivity contribution < 1.29 is 19.0 Å². The predicted molar refractivity (Wildman–Crippen MR) is 94.1 cm³/mol. The SMILES string of the molecule is CCOc1ccc(OCC)c(NC(=O)Cc2ccccc2OC)c1. The molecule has 0 radical (unpaired) electrons. The number of amides is 1. The van der Waals surface area contributed by atoms with Gasteiger partial charge in [0.05, 0.1) is 32.4 Å². The number of nitrogens with one attached hydrogen (secondary N) is 1. The second-order valence-corrected chi connectivity index (χ2v) is 5.06. The van der Waals surface area contributed by atoms with Crippen molar-refractivity contribution in [3.8, 4) is 17.2 Å². The number of anilines is 1. The number of hydrogen-bond donors (Lipinski definition) is 1. The molecule has 5 heteroatoms. The van der Waals surface area contributed by atoms with Crippen molar-refractivity contribution in [1.29, 1.82) is 0 Å². The Labute approximate surface area is 142 Å². The van der Waals surface area contributed by atoms with E-state index in [0.717, 1.165) is 5.56 Å². The van der Waals surface area contributed by atoms with Crippen LogP contribution < -0.4 is 19.5 Å². The van der Waals surface area contributed by atoms with Crippen LogP contribution in [0.5, 0.6) is 17.2 Å². The van der Waals surface area contributed by atoms with E-state index in [4.69, 9.17) is 14.2 Å². The van der Waals surface area contributed by atoms with Gasteiger partial charge < -0.3 is 19.5 Å². The van der Waals surface area contributed by atoms with Gasteiger partial charge in [0.15, 0.2) is 0 Å². The molecule has 5 nitrogen and oxygen atoms in total.